The van der Waals surface area contributed by atoms with Crippen molar-refractivity contribution < 1.29 is 4.74 Å². The highest BCUT2D eigenvalue weighted by Crippen LogP contribution is 2.16. The van der Waals surface area contributed by atoms with E-state index in [0.717, 1.165) is 26.1 Å². The molecular formula is C18H23NO. The van der Waals surface area contributed by atoms with Crippen LogP contribution in [0.5, 0.6) is 0 Å². The number of nitrogens with one attached hydrogen (secondary N) is 1. The lowest BCUT2D eigenvalue weighted by Gasteiger charge is -2.22. The van der Waals surface area contributed by atoms with E-state index in [4.69, 9.17) is 4.74 Å². The molecular weight excluding hydrogens is 246 g/mol. The fraction of sp³-hybridized carbons (Fsp3) is 0.444. The van der Waals surface area contributed by atoms with Crippen molar-refractivity contribution in [2.45, 2.75) is 38.3 Å². The Morgan fingerprint density at radius 1 is 1.05 bits per heavy atom. The summed E-state index contributed by atoms with van der Waals surface area (Å²) in [6.07, 6.45) is 5.41. The average molecular weight is 269 g/mol. The molecule has 1 saturated heterocycles. The van der Waals surface area contributed by atoms with Crippen molar-refractivity contribution in [1.82, 2.24) is 5.32 Å². The van der Waals surface area contributed by atoms with E-state index in [1.54, 1.807) is 0 Å². The van der Waals surface area contributed by atoms with Gasteiger partial charge < -0.3 is 10.1 Å². The first kappa shape index (κ1) is 13.6. The maximum atomic E-state index is 5.75. The Balaban J connectivity index is 1.47. The van der Waals surface area contributed by atoms with Gasteiger partial charge in [0.2, 0.25) is 0 Å². The molecule has 0 aromatic heterocycles. The predicted molar refractivity (Wildman–Crippen MR) is 83.9 cm³/mol. The molecule has 106 valence electrons. The molecule has 2 aromatic carbocycles. The van der Waals surface area contributed by atoms with Crippen LogP contribution in [0.3, 0.4) is 0 Å². The molecule has 1 unspecified atom stereocenters. The summed E-state index contributed by atoms with van der Waals surface area (Å²) in [5.74, 6) is 0. The Hall–Kier alpha value is -1.38. The molecule has 20 heavy (non-hydrogen) atoms. The van der Waals surface area contributed by atoms with Gasteiger partial charge >= 0.3 is 0 Å². The minimum atomic E-state index is 0.479. The van der Waals surface area contributed by atoms with Crippen LogP contribution < -0.4 is 5.32 Å². The zero-order valence-corrected chi connectivity index (χ0v) is 12.0. The fourth-order valence-corrected chi connectivity index (χ4v) is 2.88. The van der Waals surface area contributed by atoms with E-state index >= 15 is 0 Å². The average Bonchev–Trinajstić information content (AvgIpc) is 2.52. The number of benzene rings is 2. The summed E-state index contributed by atoms with van der Waals surface area (Å²) in [7, 11) is 0. The quantitative estimate of drug-likeness (QED) is 0.831. The van der Waals surface area contributed by atoms with Crippen molar-refractivity contribution in [2.75, 3.05) is 13.2 Å². The highest BCUT2D eigenvalue weighted by atomic mass is 16.5. The van der Waals surface area contributed by atoms with Crippen LogP contribution in [0.15, 0.2) is 42.5 Å². The maximum absolute atomic E-state index is 5.75. The molecule has 1 aliphatic rings. The highest BCUT2D eigenvalue weighted by Gasteiger charge is 2.12. The second-order valence-corrected chi connectivity index (χ2v) is 5.64. The number of ether oxygens (including phenoxy) is 1. The normalized spacial score (nSPS) is 19.3. The Kier molecular flexibility index (Phi) is 4.67. The van der Waals surface area contributed by atoms with Gasteiger partial charge in [-0.2, -0.15) is 0 Å². The first-order valence-corrected chi connectivity index (χ1v) is 7.72. The monoisotopic (exact) mass is 269 g/mol. The fourth-order valence-electron chi connectivity index (χ4n) is 2.88. The number of hydrogen-bond acceptors (Lipinski definition) is 2. The first-order chi connectivity index (χ1) is 9.92. The van der Waals surface area contributed by atoms with Gasteiger partial charge in [0.05, 0.1) is 6.10 Å². The van der Waals surface area contributed by atoms with Gasteiger partial charge in [0.25, 0.3) is 0 Å². The zero-order valence-electron chi connectivity index (χ0n) is 12.0. The molecule has 2 heteroatoms. The van der Waals surface area contributed by atoms with Gasteiger partial charge in [0, 0.05) is 13.2 Å². The van der Waals surface area contributed by atoms with Gasteiger partial charge in [-0.3, -0.25) is 0 Å². The van der Waals surface area contributed by atoms with Crippen molar-refractivity contribution in [2.24, 2.45) is 0 Å². The third-order valence-electron chi connectivity index (χ3n) is 4.06. The van der Waals surface area contributed by atoms with E-state index in [2.05, 4.69) is 47.8 Å². The van der Waals surface area contributed by atoms with Crippen molar-refractivity contribution >= 4 is 10.8 Å². The van der Waals surface area contributed by atoms with Crippen LogP contribution in [0.1, 0.15) is 31.2 Å². The minimum absolute atomic E-state index is 0.479. The van der Waals surface area contributed by atoms with Crippen molar-refractivity contribution in [3.05, 3.63) is 48.0 Å². The Bertz CT molecular complexity index is 546. The predicted octanol–water partition coefficient (Wildman–Crippen LogP) is 3.89. The van der Waals surface area contributed by atoms with E-state index in [1.165, 1.54) is 35.6 Å². The van der Waals surface area contributed by atoms with Crippen LogP contribution in [0, 0.1) is 0 Å². The second kappa shape index (κ2) is 6.87. The molecule has 0 saturated carbocycles. The Morgan fingerprint density at radius 3 is 2.80 bits per heavy atom. The Morgan fingerprint density at radius 2 is 1.95 bits per heavy atom. The van der Waals surface area contributed by atoms with Gasteiger partial charge in [-0.1, -0.05) is 36.4 Å². The molecule has 3 rings (SSSR count). The van der Waals surface area contributed by atoms with E-state index in [9.17, 15) is 0 Å². The molecule has 0 amide bonds. The molecule has 1 aliphatic heterocycles. The van der Waals surface area contributed by atoms with Crippen LogP contribution in [0.25, 0.3) is 10.8 Å². The van der Waals surface area contributed by atoms with Crippen molar-refractivity contribution in [3.8, 4) is 0 Å². The highest BCUT2D eigenvalue weighted by molar-refractivity contribution is 5.82. The number of hydrogen-bond donors (Lipinski definition) is 1. The van der Waals surface area contributed by atoms with E-state index in [1.807, 2.05) is 0 Å². The molecule has 2 aromatic rings. The minimum Gasteiger partial charge on any atom is -0.378 e. The summed E-state index contributed by atoms with van der Waals surface area (Å²) < 4.78 is 5.75. The molecule has 0 bridgehead atoms. The van der Waals surface area contributed by atoms with Crippen molar-refractivity contribution in [1.29, 1.82) is 0 Å². The third-order valence-corrected chi connectivity index (χ3v) is 4.06. The molecule has 1 fully saturated rings. The summed E-state index contributed by atoms with van der Waals surface area (Å²) in [5, 5.41) is 6.17. The van der Waals surface area contributed by atoms with E-state index in [0.29, 0.717) is 6.10 Å². The van der Waals surface area contributed by atoms with Crippen LogP contribution in [-0.2, 0) is 11.3 Å². The summed E-state index contributed by atoms with van der Waals surface area (Å²) in [5.41, 5.74) is 1.35. The molecule has 0 radical (unpaired) electrons. The summed E-state index contributed by atoms with van der Waals surface area (Å²) in [6, 6.07) is 15.2. The van der Waals surface area contributed by atoms with Crippen LogP contribution in [-0.4, -0.2) is 19.3 Å². The van der Waals surface area contributed by atoms with Gasteiger partial charge in [-0.05, 0) is 54.6 Å². The first-order valence-electron chi connectivity index (χ1n) is 7.72. The lowest BCUT2D eigenvalue weighted by Crippen LogP contribution is -2.25. The molecule has 2 nitrogen and oxygen atoms in total. The molecule has 0 spiro atoms. The van der Waals surface area contributed by atoms with Gasteiger partial charge in [-0.15, -0.1) is 0 Å². The van der Waals surface area contributed by atoms with Gasteiger partial charge in [-0.25, -0.2) is 0 Å². The number of fused-ring (bicyclic) bond motifs is 1. The topological polar surface area (TPSA) is 21.3 Å². The summed E-state index contributed by atoms with van der Waals surface area (Å²) in [6.45, 7) is 2.93. The lowest BCUT2D eigenvalue weighted by atomic mass is 10.1. The van der Waals surface area contributed by atoms with Crippen LogP contribution in [0.2, 0.25) is 0 Å². The van der Waals surface area contributed by atoms with Gasteiger partial charge in [0.1, 0.15) is 0 Å². The number of rotatable bonds is 5. The lowest BCUT2D eigenvalue weighted by molar-refractivity contribution is 0.0115. The molecule has 1 heterocycles. The van der Waals surface area contributed by atoms with E-state index in [-0.39, 0.29) is 0 Å². The standard InChI is InChI=1S/C18H23NO/c1-2-6-17-13-15(8-9-16(17)5-1)14-19-11-10-18-7-3-4-12-20-18/h1-2,5-6,8-9,13,18-19H,3-4,7,10-12,14H2. The third kappa shape index (κ3) is 3.59. The summed E-state index contributed by atoms with van der Waals surface area (Å²) in [4.78, 5) is 0. The second-order valence-electron chi connectivity index (χ2n) is 5.64. The van der Waals surface area contributed by atoms with Crippen LogP contribution >= 0.6 is 0 Å². The molecule has 0 aliphatic carbocycles. The zero-order chi connectivity index (χ0) is 13.6. The maximum Gasteiger partial charge on any atom is 0.0587 e. The largest absolute Gasteiger partial charge is 0.378 e. The smallest absolute Gasteiger partial charge is 0.0587 e. The van der Waals surface area contributed by atoms with Crippen molar-refractivity contribution in [3.63, 3.8) is 0 Å². The molecule has 1 N–H and O–H groups in total. The molecule has 1 atom stereocenters. The van der Waals surface area contributed by atoms with Gasteiger partial charge in [0.15, 0.2) is 0 Å². The van der Waals surface area contributed by atoms with E-state index < -0.39 is 0 Å². The summed E-state index contributed by atoms with van der Waals surface area (Å²) >= 11 is 0. The Labute approximate surface area is 121 Å². The SMILES string of the molecule is c1ccc2cc(CNCCC3CCCCO3)ccc2c1. The van der Waals surface area contributed by atoms with Crippen LogP contribution in [0.4, 0.5) is 0 Å².